The normalized spacial score (nSPS) is 16.8. The Balaban J connectivity index is 2.54. The topological polar surface area (TPSA) is 82.0 Å². The first-order valence-corrected chi connectivity index (χ1v) is 6.75. The quantitative estimate of drug-likeness (QED) is 0.786. The van der Waals surface area contributed by atoms with E-state index < -0.39 is 11.4 Å². The number of nitrogens with zero attached hydrogens (tertiary/aromatic N) is 1. The largest absolute Gasteiger partial charge is 0.368 e. The third kappa shape index (κ3) is 3.77. The Morgan fingerprint density at radius 1 is 1.75 bits per heavy atom. The molecule has 0 aromatic carbocycles. The number of hydrogen-bond donors (Lipinski definition) is 2. The molecule has 4 nitrogen and oxygen atoms in total. The van der Waals surface area contributed by atoms with E-state index in [4.69, 9.17) is 11.5 Å². The molecule has 0 aliphatic carbocycles. The van der Waals surface area contributed by atoms with Crippen molar-refractivity contribution >= 4 is 29.0 Å². The standard InChI is InChI=1S/C10H17N3OS2/c1-6-5-15-9(13-6)16-7(2)4-10(3,12)8(11)14/h5,7H,4,12H2,1-3H3,(H2,11,14). The van der Waals surface area contributed by atoms with Gasteiger partial charge < -0.3 is 11.5 Å². The molecule has 0 aliphatic heterocycles. The second kappa shape index (κ2) is 5.16. The highest BCUT2D eigenvalue weighted by Crippen LogP contribution is 2.30. The van der Waals surface area contributed by atoms with Gasteiger partial charge in [0.2, 0.25) is 5.91 Å². The lowest BCUT2D eigenvalue weighted by atomic mass is 9.97. The number of hydrogen-bond acceptors (Lipinski definition) is 5. The van der Waals surface area contributed by atoms with E-state index in [0.717, 1.165) is 10.0 Å². The van der Waals surface area contributed by atoms with E-state index in [1.54, 1.807) is 30.0 Å². The highest BCUT2D eigenvalue weighted by Gasteiger charge is 2.28. The molecule has 1 heterocycles. The van der Waals surface area contributed by atoms with Crippen molar-refractivity contribution in [3.05, 3.63) is 11.1 Å². The summed E-state index contributed by atoms with van der Waals surface area (Å²) in [4.78, 5) is 15.4. The molecule has 2 atom stereocenters. The summed E-state index contributed by atoms with van der Waals surface area (Å²) < 4.78 is 1.00. The van der Waals surface area contributed by atoms with Crippen molar-refractivity contribution < 1.29 is 4.79 Å². The molecule has 90 valence electrons. The monoisotopic (exact) mass is 259 g/mol. The number of carbonyl (C=O) groups excluding carboxylic acids is 1. The van der Waals surface area contributed by atoms with Crippen molar-refractivity contribution in [3.63, 3.8) is 0 Å². The zero-order chi connectivity index (χ0) is 12.3. The van der Waals surface area contributed by atoms with Crippen molar-refractivity contribution in [2.75, 3.05) is 0 Å². The van der Waals surface area contributed by atoms with Gasteiger partial charge in [-0.05, 0) is 20.3 Å². The fourth-order valence-electron chi connectivity index (χ4n) is 1.30. The summed E-state index contributed by atoms with van der Waals surface area (Å²) >= 11 is 3.24. The molecule has 0 saturated carbocycles. The van der Waals surface area contributed by atoms with Gasteiger partial charge in [-0.2, -0.15) is 0 Å². The molecule has 0 saturated heterocycles. The fraction of sp³-hybridized carbons (Fsp3) is 0.600. The maximum atomic E-state index is 11.1. The molecular weight excluding hydrogens is 242 g/mol. The highest BCUT2D eigenvalue weighted by molar-refractivity contribution is 8.01. The minimum atomic E-state index is -0.946. The molecule has 1 aromatic heterocycles. The third-order valence-electron chi connectivity index (χ3n) is 2.17. The Morgan fingerprint density at radius 2 is 2.38 bits per heavy atom. The van der Waals surface area contributed by atoms with Crippen LogP contribution < -0.4 is 11.5 Å². The van der Waals surface area contributed by atoms with E-state index in [9.17, 15) is 4.79 Å². The summed E-state index contributed by atoms with van der Waals surface area (Å²) in [5, 5.41) is 2.22. The van der Waals surface area contributed by atoms with Gasteiger partial charge in [0.1, 0.15) is 4.34 Å². The maximum absolute atomic E-state index is 11.1. The summed E-state index contributed by atoms with van der Waals surface area (Å²) in [6, 6.07) is 0. The van der Waals surface area contributed by atoms with Gasteiger partial charge in [-0.1, -0.05) is 18.7 Å². The van der Waals surface area contributed by atoms with Crippen LogP contribution in [0.3, 0.4) is 0 Å². The summed E-state index contributed by atoms with van der Waals surface area (Å²) in [5.74, 6) is -0.463. The van der Waals surface area contributed by atoms with Gasteiger partial charge in [0, 0.05) is 16.3 Å². The van der Waals surface area contributed by atoms with Crippen LogP contribution in [-0.2, 0) is 4.79 Å². The minimum absolute atomic E-state index is 0.216. The SMILES string of the molecule is Cc1csc(SC(C)CC(C)(N)C(N)=O)n1. The molecule has 0 fully saturated rings. The predicted molar refractivity (Wildman–Crippen MR) is 68.6 cm³/mol. The van der Waals surface area contributed by atoms with E-state index in [1.807, 2.05) is 19.2 Å². The van der Waals surface area contributed by atoms with Crippen LogP contribution in [0.5, 0.6) is 0 Å². The van der Waals surface area contributed by atoms with E-state index in [1.165, 1.54) is 0 Å². The lowest BCUT2D eigenvalue weighted by molar-refractivity contribution is -0.122. The van der Waals surface area contributed by atoms with Crippen LogP contribution in [0.4, 0.5) is 0 Å². The van der Waals surface area contributed by atoms with Crippen LogP contribution in [0.1, 0.15) is 26.0 Å². The van der Waals surface area contributed by atoms with Gasteiger partial charge in [-0.15, -0.1) is 11.3 Å². The fourth-order valence-corrected chi connectivity index (χ4v) is 3.65. The number of rotatable bonds is 5. The molecule has 0 aliphatic rings. The molecule has 0 radical (unpaired) electrons. The van der Waals surface area contributed by atoms with Gasteiger partial charge in [0.05, 0.1) is 5.54 Å². The van der Waals surface area contributed by atoms with Gasteiger partial charge in [0.15, 0.2) is 0 Å². The number of amides is 1. The van der Waals surface area contributed by atoms with Crippen molar-refractivity contribution in [2.45, 2.75) is 42.3 Å². The average molecular weight is 259 g/mol. The first-order chi connectivity index (χ1) is 7.31. The summed E-state index contributed by atoms with van der Waals surface area (Å²) in [6.07, 6.45) is 0.547. The van der Waals surface area contributed by atoms with Gasteiger partial charge in [-0.25, -0.2) is 4.98 Å². The molecule has 4 N–H and O–H groups in total. The Morgan fingerprint density at radius 3 is 2.81 bits per heavy atom. The third-order valence-corrected chi connectivity index (χ3v) is 4.37. The van der Waals surface area contributed by atoms with Crippen LogP contribution in [0, 0.1) is 6.92 Å². The molecule has 6 heteroatoms. The highest BCUT2D eigenvalue weighted by atomic mass is 32.2. The lowest BCUT2D eigenvalue weighted by Gasteiger charge is -2.23. The van der Waals surface area contributed by atoms with Crippen LogP contribution in [0.25, 0.3) is 0 Å². The smallest absolute Gasteiger partial charge is 0.237 e. The molecule has 2 unspecified atom stereocenters. The lowest BCUT2D eigenvalue weighted by Crippen LogP contribution is -2.50. The Hall–Kier alpha value is -0.590. The van der Waals surface area contributed by atoms with E-state index >= 15 is 0 Å². The summed E-state index contributed by atoms with van der Waals surface area (Å²) in [7, 11) is 0. The average Bonchev–Trinajstić information content (AvgIpc) is 2.49. The molecule has 1 amide bonds. The molecule has 1 aromatic rings. The number of primary amides is 1. The second-order valence-corrected chi connectivity index (χ2v) is 6.71. The first kappa shape index (κ1) is 13.5. The van der Waals surface area contributed by atoms with Crippen LogP contribution in [0.2, 0.25) is 0 Å². The Bertz CT molecular complexity index is 376. The molecule has 1 rings (SSSR count). The zero-order valence-electron chi connectivity index (χ0n) is 9.69. The molecule has 0 bridgehead atoms. The second-order valence-electron chi connectivity index (χ2n) is 4.17. The minimum Gasteiger partial charge on any atom is -0.368 e. The number of thiazole rings is 1. The number of thioether (sulfide) groups is 1. The zero-order valence-corrected chi connectivity index (χ0v) is 11.3. The van der Waals surface area contributed by atoms with Crippen molar-refractivity contribution in [3.8, 4) is 0 Å². The summed E-state index contributed by atoms with van der Waals surface area (Å²) in [5.41, 5.74) is 11.1. The number of aryl methyl sites for hydroxylation is 1. The van der Waals surface area contributed by atoms with Crippen molar-refractivity contribution in [1.29, 1.82) is 0 Å². The predicted octanol–water partition coefficient (Wildman–Crippen LogP) is 1.52. The number of carbonyl (C=O) groups is 1. The van der Waals surface area contributed by atoms with Gasteiger partial charge >= 0.3 is 0 Å². The van der Waals surface area contributed by atoms with Crippen molar-refractivity contribution in [2.24, 2.45) is 11.5 Å². The maximum Gasteiger partial charge on any atom is 0.237 e. The van der Waals surface area contributed by atoms with Crippen LogP contribution >= 0.6 is 23.1 Å². The Labute approximate surface area is 104 Å². The van der Waals surface area contributed by atoms with E-state index in [2.05, 4.69) is 4.98 Å². The van der Waals surface area contributed by atoms with Gasteiger partial charge in [-0.3, -0.25) is 4.79 Å². The first-order valence-electron chi connectivity index (χ1n) is 4.99. The Kier molecular flexibility index (Phi) is 4.35. The number of nitrogens with two attached hydrogens (primary N) is 2. The summed E-state index contributed by atoms with van der Waals surface area (Å²) in [6.45, 7) is 5.65. The van der Waals surface area contributed by atoms with E-state index in [0.29, 0.717) is 6.42 Å². The van der Waals surface area contributed by atoms with Crippen LogP contribution in [-0.4, -0.2) is 21.7 Å². The van der Waals surface area contributed by atoms with Crippen molar-refractivity contribution in [1.82, 2.24) is 4.98 Å². The molecule has 0 spiro atoms. The molecular formula is C10H17N3OS2. The van der Waals surface area contributed by atoms with Gasteiger partial charge in [0.25, 0.3) is 0 Å². The van der Waals surface area contributed by atoms with E-state index in [-0.39, 0.29) is 5.25 Å². The van der Waals surface area contributed by atoms with Crippen LogP contribution in [0.15, 0.2) is 9.72 Å². The number of aromatic nitrogens is 1. The molecule has 16 heavy (non-hydrogen) atoms.